The summed E-state index contributed by atoms with van der Waals surface area (Å²) in [6, 6.07) is 9.73. The fourth-order valence-corrected chi connectivity index (χ4v) is 1.75. The van der Waals surface area contributed by atoms with Crippen LogP contribution in [0.1, 0.15) is 18.2 Å². The van der Waals surface area contributed by atoms with Gasteiger partial charge in [0.25, 0.3) is 0 Å². The Morgan fingerprint density at radius 3 is 2.62 bits per heavy atom. The Hall–Kier alpha value is -1.61. The van der Waals surface area contributed by atoms with E-state index in [4.69, 9.17) is 4.42 Å². The Bertz CT molecular complexity index is 461. The molecule has 0 fully saturated rings. The van der Waals surface area contributed by atoms with Gasteiger partial charge in [0, 0.05) is 12.0 Å². The molecule has 1 atom stereocenters. The molecule has 84 valence electrons. The highest BCUT2D eigenvalue weighted by Crippen LogP contribution is 2.27. The molecular weight excluding hydrogens is 207 g/mol. The van der Waals surface area contributed by atoms with Crippen molar-refractivity contribution in [2.75, 3.05) is 0 Å². The molecule has 0 aliphatic carbocycles. The standard InChI is InChI=1S/C13H13FO2/c1-13(15,9-10-5-4-8-16-10)11-6-2-3-7-12(11)14/h2-8,15H,9H2,1H3. The second-order valence-corrected chi connectivity index (χ2v) is 4.01. The van der Waals surface area contributed by atoms with E-state index in [-0.39, 0.29) is 12.0 Å². The minimum atomic E-state index is -1.26. The molecule has 1 aromatic carbocycles. The molecular formula is C13H13FO2. The van der Waals surface area contributed by atoms with Crippen LogP contribution in [-0.4, -0.2) is 5.11 Å². The van der Waals surface area contributed by atoms with Crippen molar-refractivity contribution < 1.29 is 13.9 Å². The second-order valence-electron chi connectivity index (χ2n) is 4.01. The molecule has 2 rings (SSSR count). The zero-order valence-electron chi connectivity index (χ0n) is 8.98. The van der Waals surface area contributed by atoms with Crippen molar-refractivity contribution in [3.63, 3.8) is 0 Å². The predicted molar refractivity (Wildman–Crippen MR) is 58.4 cm³/mol. The van der Waals surface area contributed by atoms with Crippen LogP contribution in [0.5, 0.6) is 0 Å². The highest BCUT2D eigenvalue weighted by molar-refractivity contribution is 5.25. The van der Waals surface area contributed by atoms with Gasteiger partial charge in [0.15, 0.2) is 0 Å². The fraction of sp³-hybridized carbons (Fsp3) is 0.231. The fourth-order valence-electron chi connectivity index (χ4n) is 1.75. The van der Waals surface area contributed by atoms with Crippen LogP contribution in [0.3, 0.4) is 0 Å². The Kier molecular flexibility index (Phi) is 2.79. The number of hydrogen-bond donors (Lipinski definition) is 1. The summed E-state index contributed by atoms with van der Waals surface area (Å²) in [6.07, 6.45) is 1.79. The van der Waals surface area contributed by atoms with E-state index in [9.17, 15) is 9.50 Å². The summed E-state index contributed by atoms with van der Waals surface area (Å²) >= 11 is 0. The average molecular weight is 220 g/mol. The van der Waals surface area contributed by atoms with Crippen molar-refractivity contribution in [1.82, 2.24) is 0 Å². The van der Waals surface area contributed by atoms with Gasteiger partial charge in [0.05, 0.1) is 11.9 Å². The van der Waals surface area contributed by atoms with E-state index in [1.165, 1.54) is 12.3 Å². The van der Waals surface area contributed by atoms with Gasteiger partial charge in [-0.2, -0.15) is 0 Å². The zero-order chi connectivity index (χ0) is 11.6. The van der Waals surface area contributed by atoms with Crippen molar-refractivity contribution >= 4 is 0 Å². The van der Waals surface area contributed by atoms with Crippen LogP contribution in [0, 0.1) is 5.82 Å². The van der Waals surface area contributed by atoms with Crippen molar-refractivity contribution in [1.29, 1.82) is 0 Å². The van der Waals surface area contributed by atoms with Crippen LogP contribution in [-0.2, 0) is 12.0 Å². The van der Waals surface area contributed by atoms with Gasteiger partial charge in [-0.15, -0.1) is 0 Å². The maximum Gasteiger partial charge on any atom is 0.129 e. The third-order valence-electron chi connectivity index (χ3n) is 2.55. The van der Waals surface area contributed by atoms with Gasteiger partial charge >= 0.3 is 0 Å². The molecule has 0 saturated carbocycles. The van der Waals surface area contributed by atoms with Gasteiger partial charge in [-0.1, -0.05) is 18.2 Å². The topological polar surface area (TPSA) is 33.4 Å². The van der Waals surface area contributed by atoms with Gasteiger partial charge < -0.3 is 9.52 Å². The van der Waals surface area contributed by atoms with Gasteiger partial charge in [-0.05, 0) is 25.1 Å². The first-order valence-corrected chi connectivity index (χ1v) is 5.09. The molecule has 0 spiro atoms. The molecule has 2 nitrogen and oxygen atoms in total. The first-order valence-electron chi connectivity index (χ1n) is 5.09. The number of halogens is 1. The first kappa shape index (κ1) is 10.9. The summed E-state index contributed by atoms with van der Waals surface area (Å²) in [7, 11) is 0. The van der Waals surface area contributed by atoms with E-state index in [0.717, 1.165) is 0 Å². The molecule has 3 heteroatoms. The van der Waals surface area contributed by atoms with E-state index in [1.54, 1.807) is 37.3 Å². The molecule has 0 radical (unpaired) electrons. The van der Waals surface area contributed by atoms with Gasteiger partial charge in [-0.25, -0.2) is 4.39 Å². The monoisotopic (exact) mass is 220 g/mol. The number of aliphatic hydroxyl groups is 1. The van der Waals surface area contributed by atoms with Crippen molar-refractivity contribution in [3.05, 3.63) is 59.8 Å². The lowest BCUT2D eigenvalue weighted by Gasteiger charge is -2.23. The Morgan fingerprint density at radius 2 is 2.00 bits per heavy atom. The average Bonchev–Trinajstić information content (AvgIpc) is 2.70. The second kappa shape index (κ2) is 4.10. The molecule has 16 heavy (non-hydrogen) atoms. The molecule has 2 aromatic rings. The van der Waals surface area contributed by atoms with Gasteiger partial charge in [-0.3, -0.25) is 0 Å². The van der Waals surface area contributed by atoms with Gasteiger partial charge in [0.2, 0.25) is 0 Å². The lowest BCUT2D eigenvalue weighted by molar-refractivity contribution is 0.0484. The summed E-state index contributed by atoms with van der Waals surface area (Å²) < 4.78 is 18.7. The molecule has 1 aromatic heterocycles. The van der Waals surface area contributed by atoms with Gasteiger partial charge in [0.1, 0.15) is 11.6 Å². The number of furan rings is 1. The smallest absolute Gasteiger partial charge is 0.129 e. The quantitative estimate of drug-likeness (QED) is 0.862. The SMILES string of the molecule is CC(O)(Cc1ccco1)c1ccccc1F. The molecule has 0 saturated heterocycles. The normalized spacial score (nSPS) is 14.7. The summed E-state index contributed by atoms with van der Waals surface area (Å²) in [5.41, 5.74) is -0.977. The highest BCUT2D eigenvalue weighted by atomic mass is 19.1. The van der Waals surface area contributed by atoms with E-state index in [0.29, 0.717) is 5.76 Å². The highest BCUT2D eigenvalue weighted by Gasteiger charge is 2.27. The molecule has 0 amide bonds. The molecule has 0 bridgehead atoms. The van der Waals surface area contributed by atoms with Crippen LogP contribution in [0.25, 0.3) is 0 Å². The third-order valence-corrected chi connectivity index (χ3v) is 2.55. The Labute approximate surface area is 93.3 Å². The zero-order valence-corrected chi connectivity index (χ0v) is 8.98. The van der Waals surface area contributed by atoms with Crippen molar-refractivity contribution in [2.24, 2.45) is 0 Å². The number of benzene rings is 1. The number of hydrogen-bond acceptors (Lipinski definition) is 2. The number of rotatable bonds is 3. The minimum absolute atomic E-state index is 0.251. The van der Waals surface area contributed by atoms with Crippen molar-refractivity contribution in [2.45, 2.75) is 18.9 Å². The lowest BCUT2D eigenvalue weighted by Crippen LogP contribution is -2.25. The molecule has 1 heterocycles. The summed E-state index contributed by atoms with van der Waals surface area (Å²) in [5.74, 6) is 0.229. The summed E-state index contributed by atoms with van der Waals surface area (Å²) in [6.45, 7) is 1.58. The van der Waals surface area contributed by atoms with E-state index in [2.05, 4.69) is 0 Å². The van der Waals surface area contributed by atoms with E-state index in [1.807, 2.05) is 0 Å². The largest absolute Gasteiger partial charge is 0.469 e. The van der Waals surface area contributed by atoms with Crippen LogP contribution < -0.4 is 0 Å². The van der Waals surface area contributed by atoms with Crippen LogP contribution in [0.2, 0.25) is 0 Å². The maximum absolute atomic E-state index is 13.5. The predicted octanol–water partition coefficient (Wildman–Crippen LogP) is 2.87. The van der Waals surface area contributed by atoms with Crippen LogP contribution >= 0.6 is 0 Å². The third kappa shape index (κ3) is 2.14. The van der Waals surface area contributed by atoms with Crippen LogP contribution in [0.15, 0.2) is 47.1 Å². The maximum atomic E-state index is 13.5. The Balaban J connectivity index is 2.28. The molecule has 0 aliphatic heterocycles. The van der Waals surface area contributed by atoms with Crippen molar-refractivity contribution in [3.8, 4) is 0 Å². The minimum Gasteiger partial charge on any atom is -0.469 e. The summed E-state index contributed by atoms with van der Waals surface area (Å²) in [5, 5.41) is 10.2. The molecule has 0 aliphatic rings. The Morgan fingerprint density at radius 1 is 1.25 bits per heavy atom. The molecule has 1 unspecified atom stereocenters. The first-order chi connectivity index (χ1) is 7.59. The van der Waals surface area contributed by atoms with E-state index >= 15 is 0 Å². The van der Waals surface area contributed by atoms with Crippen LogP contribution in [0.4, 0.5) is 4.39 Å². The summed E-state index contributed by atoms with van der Waals surface area (Å²) in [4.78, 5) is 0. The lowest BCUT2D eigenvalue weighted by atomic mass is 9.91. The van der Waals surface area contributed by atoms with E-state index < -0.39 is 11.4 Å². The molecule has 1 N–H and O–H groups in total.